The first-order valence-electron chi connectivity index (χ1n) is 7.74. The standard InChI is InChI=1S/C15H22N2O3/c1-10-4-6-11(7-5-10)17-13(19)15(8-2-3-9-15)12(18)16-14(17)20/h10-11H,2-9H2,1H3,(H,16,18,20). The number of nitrogens with one attached hydrogen (secondary N) is 1. The summed E-state index contributed by atoms with van der Waals surface area (Å²) in [6, 6.07) is -0.527. The molecule has 5 nitrogen and oxygen atoms in total. The molecule has 2 aliphatic carbocycles. The molecule has 1 heterocycles. The normalized spacial score (nSPS) is 33.6. The largest absolute Gasteiger partial charge is 0.331 e. The van der Waals surface area contributed by atoms with E-state index in [1.807, 2.05) is 0 Å². The first-order chi connectivity index (χ1) is 9.54. The maximum atomic E-state index is 12.8. The highest BCUT2D eigenvalue weighted by Crippen LogP contribution is 2.43. The molecule has 0 unspecified atom stereocenters. The minimum atomic E-state index is -0.947. The first-order valence-corrected chi connectivity index (χ1v) is 7.74. The second-order valence-electron chi connectivity index (χ2n) is 6.64. The van der Waals surface area contributed by atoms with Crippen LogP contribution in [0.25, 0.3) is 0 Å². The number of rotatable bonds is 1. The van der Waals surface area contributed by atoms with Gasteiger partial charge < -0.3 is 0 Å². The third kappa shape index (κ3) is 1.95. The molecule has 1 N–H and O–H groups in total. The Bertz CT molecular complexity index is 446. The summed E-state index contributed by atoms with van der Waals surface area (Å²) >= 11 is 0. The predicted molar refractivity (Wildman–Crippen MR) is 72.7 cm³/mol. The van der Waals surface area contributed by atoms with Gasteiger partial charge in [-0.15, -0.1) is 0 Å². The van der Waals surface area contributed by atoms with E-state index >= 15 is 0 Å². The van der Waals surface area contributed by atoms with Gasteiger partial charge in [0.1, 0.15) is 5.41 Å². The number of urea groups is 1. The Morgan fingerprint density at radius 3 is 2.25 bits per heavy atom. The van der Waals surface area contributed by atoms with Gasteiger partial charge in [0, 0.05) is 6.04 Å². The Labute approximate surface area is 119 Å². The molecular formula is C15H22N2O3. The molecular weight excluding hydrogens is 256 g/mol. The van der Waals surface area contributed by atoms with E-state index in [0.29, 0.717) is 18.8 Å². The van der Waals surface area contributed by atoms with E-state index in [9.17, 15) is 14.4 Å². The van der Waals surface area contributed by atoms with Gasteiger partial charge in [0.2, 0.25) is 11.8 Å². The molecule has 2 saturated carbocycles. The maximum absolute atomic E-state index is 12.8. The van der Waals surface area contributed by atoms with E-state index in [0.717, 1.165) is 38.5 Å². The van der Waals surface area contributed by atoms with Crippen LogP contribution < -0.4 is 5.32 Å². The zero-order valence-electron chi connectivity index (χ0n) is 12.0. The Morgan fingerprint density at radius 2 is 1.65 bits per heavy atom. The number of nitrogens with zero attached hydrogens (tertiary/aromatic N) is 1. The summed E-state index contributed by atoms with van der Waals surface area (Å²) in [4.78, 5) is 38.4. The summed E-state index contributed by atoms with van der Waals surface area (Å²) in [5, 5.41) is 2.43. The monoisotopic (exact) mass is 278 g/mol. The molecule has 0 bridgehead atoms. The first kappa shape index (κ1) is 13.6. The lowest BCUT2D eigenvalue weighted by molar-refractivity contribution is -0.153. The lowest BCUT2D eigenvalue weighted by Crippen LogP contribution is -2.65. The van der Waals surface area contributed by atoms with E-state index in [2.05, 4.69) is 12.2 Å². The number of carbonyl (C=O) groups excluding carboxylic acids is 3. The van der Waals surface area contributed by atoms with Gasteiger partial charge in [-0.2, -0.15) is 0 Å². The number of amides is 4. The summed E-state index contributed by atoms with van der Waals surface area (Å²) < 4.78 is 0. The van der Waals surface area contributed by atoms with E-state index in [4.69, 9.17) is 0 Å². The molecule has 3 fully saturated rings. The average molecular weight is 278 g/mol. The molecule has 3 rings (SSSR count). The van der Waals surface area contributed by atoms with E-state index in [1.54, 1.807) is 0 Å². The second-order valence-corrected chi connectivity index (χ2v) is 6.64. The molecule has 0 atom stereocenters. The number of hydrogen-bond acceptors (Lipinski definition) is 3. The van der Waals surface area contributed by atoms with Crippen LogP contribution >= 0.6 is 0 Å². The minimum absolute atomic E-state index is 0.0238. The van der Waals surface area contributed by atoms with Gasteiger partial charge in [0.15, 0.2) is 0 Å². The maximum Gasteiger partial charge on any atom is 0.331 e. The molecule has 0 radical (unpaired) electrons. The fraction of sp³-hybridized carbons (Fsp3) is 0.800. The van der Waals surface area contributed by atoms with Crippen molar-refractivity contribution in [2.45, 2.75) is 64.3 Å². The van der Waals surface area contributed by atoms with Crippen LogP contribution in [-0.4, -0.2) is 28.8 Å². The molecule has 3 aliphatic rings. The summed E-state index contributed by atoms with van der Waals surface area (Å²) in [6.45, 7) is 2.20. The van der Waals surface area contributed by atoms with Crippen molar-refractivity contribution >= 4 is 17.8 Å². The highest BCUT2D eigenvalue weighted by molar-refractivity contribution is 6.19. The van der Waals surface area contributed by atoms with Crippen molar-refractivity contribution in [3.63, 3.8) is 0 Å². The SMILES string of the molecule is CC1CCC(N2C(=O)NC(=O)C3(CCCC3)C2=O)CC1. The van der Waals surface area contributed by atoms with Gasteiger partial charge in [-0.3, -0.25) is 19.8 Å². The van der Waals surface area contributed by atoms with Gasteiger partial charge in [-0.05, 0) is 44.4 Å². The Morgan fingerprint density at radius 1 is 1.05 bits per heavy atom. The Hall–Kier alpha value is -1.39. The molecule has 0 aromatic rings. The van der Waals surface area contributed by atoms with Crippen molar-refractivity contribution in [3.8, 4) is 0 Å². The van der Waals surface area contributed by atoms with Crippen molar-refractivity contribution < 1.29 is 14.4 Å². The van der Waals surface area contributed by atoms with E-state index in [1.165, 1.54) is 4.90 Å². The zero-order chi connectivity index (χ0) is 14.3. The van der Waals surface area contributed by atoms with Gasteiger partial charge in [0.25, 0.3) is 0 Å². The van der Waals surface area contributed by atoms with Crippen LogP contribution in [0.15, 0.2) is 0 Å². The number of hydrogen-bond donors (Lipinski definition) is 1. The van der Waals surface area contributed by atoms with Crippen molar-refractivity contribution in [3.05, 3.63) is 0 Å². The molecule has 0 aromatic carbocycles. The summed E-state index contributed by atoms with van der Waals surface area (Å²) in [5.41, 5.74) is -0.947. The van der Waals surface area contributed by atoms with Crippen LogP contribution in [0, 0.1) is 11.3 Å². The smallest absolute Gasteiger partial charge is 0.277 e. The topological polar surface area (TPSA) is 66.5 Å². The molecule has 4 amide bonds. The fourth-order valence-electron chi connectivity index (χ4n) is 3.95. The van der Waals surface area contributed by atoms with Crippen molar-refractivity contribution in [1.29, 1.82) is 0 Å². The molecule has 5 heteroatoms. The number of imide groups is 2. The summed E-state index contributed by atoms with van der Waals surface area (Å²) in [6.07, 6.45) is 6.78. The van der Waals surface area contributed by atoms with Gasteiger partial charge >= 0.3 is 6.03 Å². The molecule has 0 aromatic heterocycles. The lowest BCUT2D eigenvalue weighted by Gasteiger charge is -2.42. The number of carbonyl (C=O) groups is 3. The quantitative estimate of drug-likeness (QED) is 0.748. The predicted octanol–water partition coefficient (Wildman–Crippen LogP) is 2.20. The molecule has 1 spiro atoms. The van der Waals surface area contributed by atoms with Gasteiger partial charge in [-0.1, -0.05) is 19.8 Å². The van der Waals surface area contributed by atoms with Gasteiger partial charge in [-0.25, -0.2) is 4.79 Å². The number of barbiturate groups is 1. The third-order valence-electron chi connectivity index (χ3n) is 5.31. The van der Waals surface area contributed by atoms with Crippen LogP contribution in [0.3, 0.4) is 0 Å². The highest BCUT2D eigenvalue weighted by Gasteiger charge is 2.56. The fourth-order valence-corrected chi connectivity index (χ4v) is 3.95. The molecule has 1 saturated heterocycles. The summed E-state index contributed by atoms with van der Waals surface area (Å²) in [7, 11) is 0. The van der Waals surface area contributed by atoms with E-state index < -0.39 is 11.4 Å². The Kier molecular flexibility index (Phi) is 3.30. The van der Waals surface area contributed by atoms with Crippen LogP contribution in [0.5, 0.6) is 0 Å². The second kappa shape index (κ2) is 4.86. The molecule has 1 aliphatic heterocycles. The summed E-state index contributed by atoms with van der Waals surface area (Å²) in [5.74, 6) is 0.0602. The Balaban J connectivity index is 1.84. The molecule has 20 heavy (non-hydrogen) atoms. The lowest BCUT2D eigenvalue weighted by atomic mass is 9.80. The zero-order valence-corrected chi connectivity index (χ0v) is 12.0. The molecule has 110 valence electrons. The van der Waals surface area contributed by atoms with Crippen LogP contribution in [-0.2, 0) is 9.59 Å². The van der Waals surface area contributed by atoms with Crippen molar-refractivity contribution in [2.24, 2.45) is 11.3 Å². The van der Waals surface area contributed by atoms with Crippen molar-refractivity contribution in [1.82, 2.24) is 10.2 Å². The van der Waals surface area contributed by atoms with E-state index in [-0.39, 0.29) is 17.9 Å². The van der Waals surface area contributed by atoms with Crippen LogP contribution in [0.1, 0.15) is 58.3 Å². The minimum Gasteiger partial charge on any atom is -0.277 e. The highest BCUT2D eigenvalue weighted by atomic mass is 16.2. The third-order valence-corrected chi connectivity index (χ3v) is 5.31. The average Bonchev–Trinajstić information content (AvgIpc) is 2.90. The van der Waals surface area contributed by atoms with Crippen LogP contribution in [0.4, 0.5) is 4.79 Å². The van der Waals surface area contributed by atoms with Crippen LogP contribution in [0.2, 0.25) is 0 Å². The van der Waals surface area contributed by atoms with Crippen molar-refractivity contribution in [2.75, 3.05) is 0 Å². The van der Waals surface area contributed by atoms with Gasteiger partial charge in [0.05, 0.1) is 0 Å².